The van der Waals surface area contributed by atoms with Crippen molar-refractivity contribution in [3.8, 4) is 0 Å². The van der Waals surface area contributed by atoms with Crippen molar-refractivity contribution in [1.29, 1.82) is 0 Å². The van der Waals surface area contributed by atoms with Crippen molar-refractivity contribution >= 4 is 12.0 Å². The van der Waals surface area contributed by atoms with Crippen molar-refractivity contribution in [3.63, 3.8) is 0 Å². The van der Waals surface area contributed by atoms with E-state index >= 15 is 0 Å². The third-order valence-electron chi connectivity index (χ3n) is 5.49. The number of allylic oxidation sites excluding steroid dienone is 6. The van der Waals surface area contributed by atoms with Gasteiger partial charge in [-0.25, -0.2) is 0 Å². The number of amides is 1. The van der Waals surface area contributed by atoms with E-state index in [0.29, 0.717) is 5.92 Å². The molecule has 1 aromatic rings. The monoisotopic (exact) mass is 418 g/mol. The second-order valence-electron chi connectivity index (χ2n) is 8.00. The van der Waals surface area contributed by atoms with Crippen LogP contribution in [0.1, 0.15) is 38.7 Å². The van der Waals surface area contributed by atoms with Gasteiger partial charge in [-0.2, -0.15) is 0 Å². The molecular weight excluding hydrogens is 384 g/mol. The van der Waals surface area contributed by atoms with Gasteiger partial charge in [0.1, 0.15) is 0 Å². The third kappa shape index (κ3) is 7.37. The van der Waals surface area contributed by atoms with Gasteiger partial charge in [0.2, 0.25) is 5.91 Å². The first kappa shape index (κ1) is 22.8. The zero-order valence-electron chi connectivity index (χ0n) is 18.6. The average Bonchev–Trinajstić information content (AvgIpc) is 2.80. The van der Waals surface area contributed by atoms with Crippen molar-refractivity contribution < 1.29 is 4.79 Å². The van der Waals surface area contributed by atoms with Gasteiger partial charge in [-0.1, -0.05) is 43.4 Å². The number of nitrogens with zero attached hydrogens (tertiary/aromatic N) is 1. The SMILES string of the molecule is CCNCCCNC(=O)C1C=C(C)C(NC2=CC(/C=C/c3ccncc3)CC=C2)=CC1. The first-order chi connectivity index (χ1) is 15.2. The lowest BCUT2D eigenvalue weighted by Crippen LogP contribution is -2.33. The van der Waals surface area contributed by atoms with Crippen LogP contribution in [0.25, 0.3) is 6.08 Å². The molecular formula is C26H34N4O. The number of rotatable bonds is 10. The van der Waals surface area contributed by atoms with Gasteiger partial charge >= 0.3 is 0 Å². The first-order valence-electron chi connectivity index (χ1n) is 11.3. The van der Waals surface area contributed by atoms with E-state index in [1.165, 1.54) is 0 Å². The van der Waals surface area contributed by atoms with Crippen molar-refractivity contribution in [2.24, 2.45) is 11.8 Å². The van der Waals surface area contributed by atoms with E-state index in [1.54, 1.807) is 0 Å². The predicted molar refractivity (Wildman–Crippen MR) is 128 cm³/mol. The summed E-state index contributed by atoms with van der Waals surface area (Å²) < 4.78 is 0. The molecule has 0 saturated carbocycles. The maximum atomic E-state index is 12.4. The number of aromatic nitrogens is 1. The fourth-order valence-corrected chi connectivity index (χ4v) is 3.72. The molecule has 3 rings (SSSR count). The molecule has 2 unspecified atom stereocenters. The van der Waals surface area contributed by atoms with Gasteiger partial charge < -0.3 is 16.0 Å². The van der Waals surface area contributed by atoms with Crippen molar-refractivity contribution in [1.82, 2.24) is 20.9 Å². The lowest BCUT2D eigenvalue weighted by molar-refractivity contribution is -0.123. The van der Waals surface area contributed by atoms with Crippen LogP contribution in [-0.4, -0.2) is 30.5 Å². The van der Waals surface area contributed by atoms with E-state index in [2.05, 4.69) is 77.3 Å². The smallest absolute Gasteiger partial charge is 0.227 e. The number of hydrogen-bond donors (Lipinski definition) is 3. The summed E-state index contributed by atoms with van der Waals surface area (Å²) in [6, 6.07) is 4.02. The summed E-state index contributed by atoms with van der Waals surface area (Å²) >= 11 is 0. The van der Waals surface area contributed by atoms with Crippen LogP contribution in [0.15, 0.2) is 77.9 Å². The van der Waals surface area contributed by atoms with Crippen LogP contribution in [0.2, 0.25) is 0 Å². The van der Waals surface area contributed by atoms with Gasteiger partial charge in [0.25, 0.3) is 0 Å². The number of pyridine rings is 1. The van der Waals surface area contributed by atoms with E-state index in [0.717, 1.165) is 61.4 Å². The normalized spacial score (nSPS) is 20.8. The van der Waals surface area contributed by atoms with Gasteiger partial charge in [-0.15, -0.1) is 0 Å². The first-order valence-corrected chi connectivity index (χ1v) is 11.3. The van der Waals surface area contributed by atoms with Crippen LogP contribution in [0.3, 0.4) is 0 Å². The van der Waals surface area contributed by atoms with E-state index in [1.807, 2.05) is 24.5 Å². The molecule has 2 aliphatic rings. The largest absolute Gasteiger partial charge is 0.356 e. The molecule has 5 heteroatoms. The van der Waals surface area contributed by atoms with Crippen LogP contribution >= 0.6 is 0 Å². The summed E-state index contributed by atoms with van der Waals surface area (Å²) in [5.41, 5.74) is 4.46. The van der Waals surface area contributed by atoms with Crippen LogP contribution in [0.5, 0.6) is 0 Å². The summed E-state index contributed by atoms with van der Waals surface area (Å²) in [5, 5.41) is 9.87. The molecule has 1 amide bonds. The molecule has 5 nitrogen and oxygen atoms in total. The Labute approximate surface area is 186 Å². The second kappa shape index (κ2) is 12.1. The zero-order valence-corrected chi connectivity index (χ0v) is 18.6. The Morgan fingerprint density at radius 1 is 1.19 bits per heavy atom. The Kier molecular flexibility index (Phi) is 8.85. The zero-order chi connectivity index (χ0) is 21.9. The molecule has 31 heavy (non-hydrogen) atoms. The van der Waals surface area contributed by atoms with E-state index < -0.39 is 0 Å². The highest BCUT2D eigenvalue weighted by Crippen LogP contribution is 2.24. The highest BCUT2D eigenvalue weighted by molar-refractivity contribution is 5.81. The molecule has 0 radical (unpaired) electrons. The molecule has 1 heterocycles. The molecule has 0 spiro atoms. The lowest BCUT2D eigenvalue weighted by atomic mass is 9.93. The predicted octanol–water partition coefficient (Wildman–Crippen LogP) is 4.11. The molecule has 2 aliphatic carbocycles. The van der Waals surface area contributed by atoms with Crippen LogP contribution in [0.4, 0.5) is 0 Å². The van der Waals surface area contributed by atoms with Crippen LogP contribution in [-0.2, 0) is 4.79 Å². The molecule has 0 saturated heterocycles. The number of nitrogens with one attached hydrogen (secondary N) is 3. The quantitative estimate of drug-likeness (QED) is 0.500. The summed E-state index contributed by atoms with van der Waals surface area (Å²) in [4.78, 5) is 16.5. The molecule has 3 N–H and O–H groups in total. The summed E-state index contributed by atoms with van der Waals surface area (Å²) in [6.45, 7) is 6.77. The van der Waals surface area contributed by atoms with Gasteiger partial charge in [-0.3, -0.25) is 9.78 Å². The van der Waals surface area contributed by atoms with E-state index in [-0.39, 0.29) is 11.8 Å². The topological polar surface area (TPSA) is 66.0 Å². The minimum Gasteiger partial charge on any atom is -0.356 e. The van der Waals surface area contributed by atoms with Crippen molar-refractivity contribution in [3.05, 3.63) is 83.5 Å². The van der Waals surface area contributed by atoms with Crippen LogP contribution in [0, 0.1) is 11.8 Å². The van der Waals surface area contributed by atoms with E-state index in [4.69, 9.17) is 0 Å². The fraction of sp³-hybridized carbons (Fsp3) is 0.385. The Hall–Kier alpha value is -2.92. The maximum absolute atomic E-state index is 12.4. The van der Waals surface area contributed by atoms with Gasteiger partial charge in [0, 0.05) is 36.3 Å². The molecule has 0 bridgehead atoms. The summed E-state index contributed by atoms with van der Waals surface area (Å²) in [5.74, 6) is 0.385. The van der Waals surface area contributed by atoms with Crippen LogP contribution < -0.4 is 16.0 Å². The summed E-state index contributed by atoms with van der Waals surface area (Å²) in [6.07, 6.45) is 21.5. The standard InChI is InChI=1S/C26H34N4O/c1-3-27-14-5-15-29-26(31)23-10-11-25(20(2)18-23)30-24-7-4-6-22(19-24)9-8-21-12-16-28-17-13-21/h4,7-9,11-13,16-19,22-23,27,30H,3,5-6,10,14-15H2,1-2H3,(H,29,31)/b9-8+. The Morgan fingerprint density at radius 2 is 2.03 bits per heavy atom. The maximum Gasteiger partial charge on any atom is 0.227 e. The Balaban J connectivity index is 1.51. The van der Waals surface area contributed by atoms with Gasteiger partial charge in [0.05, 0.1) is 5.92 Å². The van der Waals surface area contributed by atoms with Crippen molar-refractivity contribution in [2.75, 3.05) is 19.6 Å². The average molecular weight is 419 g/mol. The fourth-order valence-electron chi connectivity index (χ4n) is 3.72. The molecule has 0 aliphatic heterocycles. The Bertz CT molecular complexity index is 880. The van der Waals surface area contributed by atoms with Crippen molar-refractivity contribution in [2.45, 2.75) is 33.1 Å². The second-order valence-corrected chi connectivity index (χ2v) is 8.00. The molecule has 2 atom stereocenters. The van der Waals surface area contributed by atoms with Gasteiger partial charge in [-0.05, 0) is 68.6 Å². The molecule has 1 aromatic heterocycles. The highest BCUT2D eigenvalue weighted by Gasteiger charge is 2.20. The number of carbonyl (C=O) groups excluding carboxylic acids is 1. The third-order valence-corrected chi connectivity index (χ3v) is 5.49. The molecule has 164 valence electrons. The number of hydrogen-bond acceptors (Lipinski definition) is 4. The minimum atomic E-state index is -0.0865. The highest BCUT2D eigenvalue weighted by atomic mass is 16.1. The Morgan fingerprint density at radius 3 is 2.81 bits per heavy atom. The lowest BCUT2D eigenvalue weighted by Gasteiger charge is -2.23. The summed E-state index contributed by atoms with van der Waals surface area (Å²) in [7, 11) is 0. The van der Waals surface area contributed by atoms with E-state index in [9.17, 15) is 4.79 Å². The molecule has 0 aromatic carbocycles. The number of carbonyl (C=O) groups is 1. The van der Waals surface area contributed by atoms with Gasteiger partial charge in [0.15, 0.2) is 0 Å². The minimum absolute atomic E-state index is 0.0865. The molecule has 0 fully saturated rings.